The molecule has 2 amide bonds. The van der Waals surface area contributed by atoms with Crippen LogP contribution < -0.4 is 22.5 Å². The average molecular weight is 251 g/mol. The number of hydrogen-bond acceptors (Lipinski definition) is 4. The van der Waals surface area contributed by atoms with Crippen molar-refractivity contribution in [1.29, 1.82) is 0 Å². The van der Waals surface area contributed by atoms with E-state index in [1.54, 1.807) is 0 Å². The van der Waals surface area contributed by atoms with Crippen LogP contribution in [-0.2, 0) is 9.59 Å². The van der Waals surface area contributed by atoms with E-state index in [1.165, 1.54) is 0 Å². The molecule has 2 fully saturated rings. The monoisotopic (exact) mass is 251 g/mol. The summed E-state index contributed by atoms with van der Waals surface area (Å²) in [6.07, 6.45) is 5.87. The fourth-order valence-corrected chi connectivity index (χ4v) is 3.44. The fraction of sp³-hybridized carbons (Fsp3) is 0.818. The topological polar surface area (TPSA) is 110 Å². The van der Waals surface area contributed by atoms with Crippen LogP contribution in [0, 0.1) is 0 Å². The van der Waals surface area contributed by atoms with Crippen molar-refractivity contribution in [2.24, 2.45) is 11.7 Å². The molecule has 2 bridgehead atoms. The van der Waals surface area contributed by atoms with Crippen molar-refractivity contribution in [1.82, 2.24) is 10.9 Å². The first-order valence-corrected chi connectivity index (χ1v) is 6.48. The van der Waals surface area contributed by atoms with Crippen molar-refractivity contribution in [3.8, 4) is 0 Å². The lowest BCUT2D eigenvalue weighted by Crippen LogP contribution is -2.47. The van der Waals surface area contributed by atoms with Gasteiger partial charge in [-0.15, -0.1) is 0 Å². The normalized spacial score (nSPS) is 35.0. The molecular formula is C11H20BN4O2. The van der Waals surface area contributed by atoms with Crippen molar-refractivity contribution in [3.63, 3.8) is 0 Å². The van der Waals surface area contributed by atoms with Gasteiger partial charge in [0.1, 0.15) is 0 Å². The van der Waals surface area contributed by atoms with Crippen molar-refractivity contribution in [3.05, 3.63) is 0 Å². The Morgan fingerprint density at radius 3 is 1.67 bits per heavy atom. The molecule has 0 spiro atoms. The Labute approximate surface area is 107 Å². The average Bonchev–Trinajstić information content (AvgIpc) is 2.78. The van der Waals surface area contributed by atoms with Gasteiger partial charge in [-0.1, -0.05) is 19.3 Å². The Balaban J connectivity index is 2.29. The molecule has 2 aliphatic rings. The van der Waals surface area contributed by atoms with Crippen LogP contribution in [0.5, 0.6) is 0 Å². The van der Waals surface area contributed by atoms with Crippen molar-refractivity contribution in [2.75, 3.05) is 0 Å². The number of hydrazine groups is 2. The van der Waals surface area contributed by atoms with Gasteiger partial charge in [0.25, 0.3) is 0 Å². The van der Waals surface area contributed by atoms with E-state index in [9.17, 15) is 9.59 Å². The molecule has 7 heteroatoms. The van der Waals surface area contributed by atoms with Gasteiger partial charge in [-0.25, -0.2) is 11.7 Å². The number of carbonyl (C=O) groups excluding carboxylic acids is 2. The van der Waals surface area contributed by atoms with Gasteiger partial charge in [0.2, 0.25) is 11.8 Å². The highest BCUT2D eigenvalue weighted by atomic mass is 16.2. The van der Waals surface area contributed by atoms with Gasteiger partial charge in [-0.2, -0.15) is 0 Å². The third kappa shape index (κ3) is 2.01. The number of nitrogens with one attached hydrogen (secondary N) is 2. The summed E-state index contributed by atoms with van der Waals surface area (Å²) in [6, 6.07) is 0. The van der Waals surface area contributed by atoms with Gasteiger partial charge in [0.15, 0.2) is 7.28 Å². The van der Waals surface area contributed by atoms with E-state index in [0.717, 1.165) is 32.1 Å². The molecule has 2 aliphatic heterocycles. The summed E-state index contributed by atoms with van der Waals surface area (Å²) in [4.78, 5) is 24.1. The van der Waals surface area contributed by atoms with Crippen LogP contribution in [0.1, 0.15) is 44.9 Å². The molecular weight excluding hydrogens is 231 g/mol. The molecule has 0 aromatic rings. The molecule has 1 radical (unpaired) electrons. The highest BCUT2D eigenvalue weighted by molar-refractivity contribution is 6.57. The number of nitrogens with two attached hydrogens (primary N) is 2. The first kappa shape index (κ1) is 13.4. The van der Waals surface area contributed by atoms with Crippen LogP contribution in [0.4, 0.5) is 0 Å². The molecule has 18 heavy (non-hydrogen) atoms. The van der Waals surface area contributed by atoms with E-state index >= 15 is 0 Å². The highest BCUT2D eigenvalue weighted by Crippen LogP contribution is 2.58. The number of amides is 2. The summed E-state index contributed by atoms with van der Waals surface area (Å²) in [5.74, 6) is 10.2. The van der Waals surface area contributed by atoms with Crippen LogP contribution in [0.25, 0.3) is 0 Å². The van der Waals surface area contributed by atoms with Crippen LogP contribution in [0.3, 0.4) is 0 Å². The molecule has 0 aliphatic carbocycles. The quantitative estimate of drug-likeness (QED) is 0.234. The van der Waals surface area contributed by atoms with Crippen molar-refractivity contribution < 1.29 is 9.59 Å². The van der Waals surface area contributed by atoms with E-state index in [1.807, 2.05) is 7.28 Å². The Morgan fingerprint density at radius 2 is 1.28 bits per heavy atom. The maximum atomic E-state index is 12.0. The smallest absolute Gasteiger partial charge is 0.232 e. The second-order valence-electron chi connectivity index (χ2n) is 5.46. The minimum atomic E-state index is -0.596. The van der Waals surface area contributed by atoms with Crippen molar-refractivity contribution in [2.45, 2.75) is 55.6 Å². The SMILES string of the molecule is NNC(=O)C12[B]C(C(=O)NN)(CCCCC1)CC2. The van der Waals surface area contributed by atoms with Gasteiger partial charge in [0.05, 0.1) is 0 Å². The second-order valence-corrected chi connectivity index (χ2v) is 5.46. The first-order chi connectivity index (χ1) is 8.58. The van der Waals surface area contributed by atoms with Crippen LogP contribution >= 0.6 is 0 Å². The minimum absolute atomic E-state index is 0.184. The number of fused-ring (bicyclic) bond motifs is 2. The highest BCUT2D eigenvalue weighted by Gasteiger charge is 2.56. The summed E-state index contributed by atoms with van der Waals surface area (Å²) >= 11 is 0. The Bertz CT molecular complexity index is 333. The zero-order chi connectivity index (χ0) is 13.2. The summed E-state index contributed by atoms with van der Waals surface area (Å²) in [6.45, 7) is 0. The largest absolute Gasteiger partial charge is 0.294 e. The lowest BCUT2D eigenvalue weighted by Gasteiger charge is -2.33. The Hall–Kier alpha value is -1.08. The standard InChI is InChI=1S/C11H20BN4O2/c13-15-8(17)10-4-2-1-3-5-11(12-10,7-6-10)9(18)16-14/h1-7,13-14H2,(H,15,17)(H,16,18). The van der Waals surface area contributed by atoms with Gasteiger partial charge in [-0.05, 0) is 25.7 Å². The predicted molar refractivity (Wildman–Crippen MR) is 68.1 cm³/mol. The molecule has 6 N–H and O–H groups in total. The maximum absolute atomic E-state index is 12.0. The van der Waals surface area contributed by atoms with E-state index < -0.39 is 10.6 Å². The van der Waals surface area contributed by atoms with E-state index in [4.69, 9.17) is 11.7 Å². The number of hydrogen-bond donors (Lipinski definition) is 4. The maximum Gasteiger partial charge on any atom is 0.232 e. The van der Waals surface area contributed by atoms with E-state index in [0.29, 0.717) is 12.8 Å². The zero-order valence-corrected chi connectivity index (χ0v) is 10.5. The van der Waals surface area contributed by atoms with Gasteiger partial charge in [0, 0.05) is 10.6 Å². The molecule has 6 nitrogen and oxygen atoms in total. The molecule has 0 saturated carbocycles. The molecule has 0 aromatic heterocycles. The van der Waals surface area contributed by atoms with E-state index in [2.05, 4.69) is 10.9 Å². The Morgan fingerprint density at radius 1 is 0.833 bits per heavy atom. The molecule has 0 aromatic carbocycles. The van der Waals surface area contributed by atoms with Crippen LogP contribution in [-0.4, -0.2) is 19.1 Å². The summed E-state index contributed by atoms with van der Waals surface area (Å²) in [5, 5.41) is -1.19. The van der Waals surface area contributed by atoms with Crippen LogP contribution in [0.2, 0.25) is 10.6 Å². The number of carbonyl (C=O) groups is 2. The van der Waals surface area contributed by atoms with Gasteiger partial charge in [-0.3, -0.25) is 20.4 Å². The van der Waals surface area contributed by atoms with Gasteiger partial charge >= 0.3 is 0 Å². The zero-order valence-electron chi connectivity index (χ0n) is 10.5. The molecule has 99 valence electrons. The minimum Gasteiger partial charge on any atom is -0.294 e. The first-order valence-electron chi connectivity index (χ1n) is 6.48. The summed E-state index contributed by atoms with van der Waals surface area (Å²) < 4.78 is 0. The lowest BCUT2D eigenvalue weighted by molar-refractivity contribution is -0.125. The van der Waals surface area contributed by atoms with Crippen LogP contribution in [0.15, 0.2) is 0 Å². The molecule has 2 unspecified atom stereocenters. The predicted octanol–water partition coefficient (Wildman–Crippen LogP) is -0.254. The molecule has 2 heterocycles. The molecule has 2 rings (SSSR count). The number of rotatable bonds is 2. The van der Waals surface area contributed by atoms with Crippen molar-refractivity contribution >= 4 is 19.1 Å². The summed E-state index contributed by atoms with van der Waals surface area (Å²) in [7, 11) is 1.91. The lowest BCUT2D eigenvalue weighted by atomic mass is 9.40. The third-order valence-electron chi connectivity index (χ3n) is 4.48. The molecule has 2 atom stereocenters. The fourth-order valence-electron chi connectivity index (χ4n) is 3.44. The van der Waals surface area contributed by atoms with Gasteiger partial charge < -0.3 is 0 Å². The molecule has 2 saturated heterocycles. The summed E-state index contributed by atoms with van der Waals surface area (Å²) in [5.41, 5.74) is 4.48. The second kappa shape index (κ2) is 4.89. The van der Waals surface area contributed by atoms with E-state index in [-0.39, 0.29) is 11.8 Å². The third-order valence-corrected chi connectivity index (χ3v) is 4.48. The Kier molecular flexibility index (Phi) is 3.63.